The van der Waals surface area contributed by atoms with Gasteiger partial charge in [-0.15, -0.1) is 10.2 Å². The Morgan fingerprint density at radius 1 is 1.27 bits per heavy atom. The summed E-state index contributed by atoms with van der Waals surface area (Å²) in [6.07, 6.45) is 1.40. The fourth-order valence-corrected chi connectivity index (χ4v) is 6.23. The quantitative estimate of drug-likeness (QED) is 0.663. The molecule has 0 N–H and O–H groups in total. The number of carbonyl (C=O) groups excluding carboxylic acids is 1. The lowest BCUT2D eigenvalue weighted by atomic mass is 10.1. The molecule has 26 heavy (non-hydrogen) atoms. The van der Waals surface area contributed by atoms with E-state index < -0.39 is 9.84 Å². The molecule has 1 aromatic rings. The van der Waals surface area contributed by atoms with Gasteiger partial charge in [-0.3, -0.25) is 4.79 Å². The number of hydrogen-bond donors (Lipinski definition) is 0. The van der Waals surface area contributed by atoms with Crippen LogP contribution in [0.2, 0.25) is 0 Å². The van der Waals surface area contributed by atoms with Crippen LogP contribution in [0.4, 0.5) is 0 Å². The number of carbonyl (C=O) groups is 1. The van der Waals surface area contributed by atoms with Crippen molar-refractivity contribution in [3.8, 4) is 0 Å². The van der Waals surface area contributed by atoms with Crippen LogP contribution in [0.3, 0.4) is 0 Å². The number of thioether (sulfide) groups is 1. The summed E-state index contributed by atoms with van der Waals surface area (Å²) in [6.45, 7) is 5.18. The SMILES string of the molecule is C[C@@H]1CN(C(=O)CSc2nnc(C[C@@H]3CCS(=O)(=O)C3)n2C)C[C@@H](C)O1. The second-order valence-electron chi connectivity index (χ2n) is 7.28. The van der Waals surface area contributed by atoms with Gasteiger partial charge in [0.15, 0.2) is 15.0 Å². The average molecular weight is 403 g/mol. The Kier molecular flexibility index (Phi) is 5.93. The maximum atomic E-state index is 12.5. The van der Waals surface area contributed by atoms with Crippen LogP contribution in [0.15, 0.2) is 5.16 Å². The predicted octanol–water partition coefficient (Wildman–Crippen LogP) is 0.520. The Hall–Kier alpha value is -1.13. The van der Waals surface area contributed by atoms with E-state index in [1.54, 1.807) is 0 Å². The standard InChI is InChI=1S/C16H26N4O4S2/c1-11-7-20(8-12(2)24-11)15(21)9-25-16-18-17-14(19(16)3)6-13-4-5-26(22,23)10-13/h11-13H,4-10H2,1-3H3/t11-,12-,13+/m1/s1. The highest BCUT2D eigenvalue weighted by molar-refractivity contribution is 7.99. The molecule has 0 aliphatic carbocycles. The summed E-state index contributed by atoms with van der Waals surface area (Å²) in [4.78, 5) is 14.3. The number of aromatic nitrogens is 3. The van der Waals surface area contributed by atoms with Crippen LogP contribution in [0, 0.1) is 5.92 Å². The van der Waals surface area contributed by atoms with E-state index in [9.17, 15) is 13.2 Å². The highest BCUT2D eigenvalue weighted by Crippen LogP contribution is 2.24. The summed E-state index contributed by atoms with van der Waals surface area (Å²) in [5, 5.41) is 9.05. The molecule has 0 spiro atoms. The summed E-state index contributed by atoms with van der Waals surface area (Å²) >= 11 is 1.37. The van der Waals surface area contributed by atoms with Gasteiger partial charge in [0.05, 0.1) is 29.5 Å². The molecule has 2 fully saturated rings. The summed E-state index contributed by atoms with van der Waals surface area (Å²) in [7, 11) is -1.02. The largest absolute Gasteiger partial charge is 0.372 e. The summed E-state index contributed by atoms with van der Waals surface area (Å²) in [5.41, 5.74) is 0. The van der Waals surface area contributed by atoms with Crippen LogP contribution in [-0.2, 0) is 32.8 Å². The Morgan fingerprint density at radius 2 is 1.96 bits per heavy atom. The van der Waals surface area contributed by atoms with Crippen molar-refractivity contribution >= 4 is 27.5 Å². The maximum Gasteiger partial charge on any atom is 0.233 e. The van der Waals surface area contributed by atoms with Gasteiger partial charge in [0.25, 0.3) is 0 Å². The number of morpholine rings is 1. The molecule has 1 aromatic heterocycles. The number of amides is 1. The fourth-order valence-electron chi connectivity index (χ4n) is 3.54. The molecule has 1 amide bonds. The molecule has 10 heteroatoms. The average Bonchev–Trinajstić information content (AvgIpc) is 3.07. The van der Waals surface area contributed by atoms with Gasteiger partial charge in [-0.1, -0.05) is 11.8 Å². The van der Waals surface area contributed by atoms with E-state index >= 15 is 0 Å². The number of ether oxygens (including phenoxy) is 1. The van der Waals surface area contributed by atoms with Gasteiger partial charge in [-0.05, 0) is 26.2 Å². The number of rotatable bonds is 5. The van der Waals surface area contributed by atoms with E-state index in [1.807, 2.05) is 30.4 Å². The molecule has 0 aromatic carbocycles. The lowest BCUT2D eigenvalue weighted by Gasteiger charge is -2.35. The molecule has 3 heterocycles. The molecular weight excluding hydrogens is 376 g/mol. The Morgan fingerprint density at radius 3 is 2.58 bits per heavy atom. The second kappa shape index (κ2) is 7.85. The van der Waals surface area contributed by atoms with E-state index in [1.165, 1.54) is 11.8 Å². The third kappa shape index (κ3) is 4.77. The van der Waals surface area contributed by atoms with Crippen molar-refractivity contribution < 1.29 is 17.9 Å². The van der Waals surface area contributed by atoms with Crippen LogP contribution < -0.4 is 0 Å². The zero-order valence-electron chi connectivity index (χ0n) is 15.4. The smallest absolute Gasteiger partial charge is 0.233 e. The molecule has 3 rings (SSSR count). The molecule has 0 saturated carbocycles. The van der Waals surface area contributed by atoms with Crippen molar-refractivity contribution in [2.75, 3.05) is 30.3 Å². The number of nitrogens with zero attached hydrogens (tertiary/aromatic N) is 4. The van der Waals surface area contributed by atoms with Gasteiger partial charge >= 0.3 is 0 Å². The normalized spacial score (nSPS) is 28.4. The molecule has 8 nitrogen and oxygen atoms in total. The van der Waals surface area contributed by atoms with E-state index in [0.717, 1.165) is 5.82 Å². The number of sulfone groups is 1. The minimum atomic E-state index is -2.89. The van der Waals surface area contributed by atoms with E-state index in [0.29, 0.717) is 36.8 Å². The highest BCUT2D eigenvalue weighted by Gasteiger charge is 2.30. The van der Waals surface area contributed by atoms with E-state index in [4.69, 9.17) is 4.74 Å². The predicted molar refractivity (Wildman–Crippen MR) is 98.8 cm³/mol. The molecule has 2 aliphatic rings. The number of hydrogen-bond acceptors (Lipinski definition) is 7. The van der Waals surface area contributed by atoms with Crippen LogP contribution in [0.1, 0.15) is 26.1 Å². The van der Waals surface area contributed by atoms with Crippen molar-refractivity contribution in [2.24, 2.45) is 13.0 Å². The molecule has 3 atom stereocenters. The highest BCUT2D eigenvalue weighted by atomic mass is 32.2. The Labute approximate surface area is 158 Å². The van der Waals surface area contributed by atoms with Gasteiger partial charge in [-0.2, -0.15) is 0 Å². The second-order valence-corrected chi connectivity index (χ2v) is 10.4. The Balaban J connectivity index is 1.54. The Bertz CT molecular complexity index is 754. The lowest BCUT2D eigenvalue weighted by molar-refractivity contribution is -0.140. The van der Waals surface area contributed by atoms with Crippen LogP contribution in [-0.4, -0.2) is 76.5 Å². The van der Waals surface area contributed by atoms with Crippen molar-refractivity contribution in [3.05, 3.63) is 5.82 Å². The van der Waals surface area contributed by atoms with Gasteiger partial charge in [0.1, 0.15) is 5.82 Å². The first-order chi connectivity index (χ1) is 12.2. The maximum absolute atomic E-state index is 12.5. The molecule has 2 aliphatic heterocycles. The van der Waals surface area contributed by atoms with Crippen LogP contribution in [0.25, 0.3) is 0 Å². The lowest BCUT2D eigenvalue weighted by Crippen LogP contribution is -2.48. The minimum Gasteiger partial charge on any atom is -0.372 e. The third-order valence-electron chi connectivity index (χ3n) is 4.82. The fraction of sp³-hybridized carbons (Fsp3) is 0.812. The van der Waals surface area contributed by atoms with Crippen molar-refractivity contribution in [1.82, 2.24) is 19.7 Å². The first-order valence-electron chi connectivity index (χ1n) is 8.88. The molecule has 146 valence electrons. The molecule has 0 unspecified atom stereocenters. The summed E-state index contributed by atoms with van der Waals surface area (Å²) < 4.78 is 30.7. The minimum absolute atomic E-state index is 0.0526. The zero-order valence-corrected chi connectivity index (χ0v) is 17.1. The van der Waals surface area contributed by atoms with Crippen molar-refractivity contribution in [2.45, 2.75) is 44.1 Å². The van der Waals surface area contributed by atoms with Crippen molar-refractivity contribution in [1.29, 1.82) is 0 Å². The summed E-state index contributed by atoms with van der Waals surface area (Å²) in [6, 6.07) is 0. The monoisotopic (exact) mass is 402 g/mol. The molecule has 0 radical (unpaired) electrons. The van der Waals surface area contributed by atoms with Gasteiger partial charge in [0, 0.05) is 26.6 Å². The van der Waals surface area contributed by atoms with E-state index in [2.05, 4.69) is 10.2 Å². The van der Waals surface area contributed by atoms with Gasteiger partial charge < -0.3 is 14.2 Å². The molecule has 0 bridgehead atoms. The molecular formula is C16H26N4O4S2. The van der Waals surface area contributed by atoms with Crippen LogP contribution >= 0.6 is 11.8 Å². The first-order valence-corrected chi connectivity index (χ1v) is 11.7. The molecule has 2 saturated heterocycles. The van der Waals surface area contributed by atoms with Crippen molar-refractivity contribution in [3.63, 3.8) is 0 Å². The van der Waals surface area contributed by atoms with Gasteiger partial charge in [-0.25, -0.2) is 8.42 Å². The topological polar surface area (TPSA) is 94.4 Å². The zero-order chi connectivity index (χ0) is 18.9. The summed E-state index contributed by atoms with van der Waals surface area (Å²) in [5.74, 6) is 1.76. The third-order valence-corrected chi connectivity index (χ3v) is 7.66. The van der Waals surface area contributed by atoms with E-state index in [-0.39, 0.29) is 35.5 Å². The van der Waals surface area contributed by atoms with Gasteiger partial charge in [0.2, 0.25) is 5.91 Å². The van der Waals surface area contributed by atoms with Crippen LogP contribution in [0.5, 0.6) is 0 Å². The first kappa shape index (κ1) is 19.6.